The molecule has 0 heterocycles. The van der Waals surface area contributed by atoms with Gasteiger partial charge in [0, 0.05) is 6.42 Å². The zero-order valence-corrected chi connectivity index (χ0v) is 11.1. The SMILES string of the molecule is Cc1ccc(NS(=O)(=O)CCCC(F)(F)F)c(N)c1. The fourth-order valence-corrected chi connectivity index (χ4v) is 2.60. The van der Waals surface area contributed by atoms with Crippen LogP contribution in [-0.2, 0) is 10.0 Å². The molecule has 4 nitrogen and oxygen atoms in total. The molecule has 8 heteroatoms. The zero-order valence-electron chi connectivity index (χ0n) is 10.3. The van der Waals surface area contributed by atoms with E-state index < -0.39 is 34.8 Å². The first-order chi connectivity index (χ1) is 8.59. The third-order valence-electron chi connectivity index (χ3n) is 2.35. The molecule has 1 aromatic rings. The number of nitrogens with one attached hydrogen (secondary N) is 1. The number of anilines is 2. The molecular weight excluding hydrogens is 281 g/mol. The molecule has 19 heavy (non-hydrogen) atoms. The number of aryl methyl sites for hydroxylation is 1. The lowest BCUT2D eigenvalue weighted by molar-refractivity contribution is -0.134. The van der Waals surface area contributed by atoms with E-state index in [1.807, 2.05) is 0 Å². The van der Waals surface area contributed by atoms with Crippen molar-refractivity contribution in [2.24, 2.45) is 0 Å². The number of alkyl halides is 3. The van der Waals surface area contributed by atoms with Gasteiger partial charge in [0.05, 0.1) is 17.1 Å². The summed E-state index contributed by atoms with van der Waals surface area (Å²) in [4.78, 5) is 0. The zero-order chi connectivity index (χ0) is 14.7. The number of rotatable bonds is 5. The maximum atomic E-state index is 11.9. The van der Waals surface area contributed by atoms with Gasteiger partial charge in [-0.2, -0.15) is 13.2 Å². The summed E-state index contributed by atoms with van der Waals surface area (Å²) in [6.45, 7) is 1.79. The number of sulfonamides is 1. The lowest BCUT2D eigenvalue weighted by atomic mass is 10.2. The summed E-state index contributed by atoms with van der Waals surface area (Å²) in [5.74, 6) is -0.597. The Morgan fingerprint density at radius 1 is 1.32 bits per heavy atom. The van der Waals surface area contributed by atoms with Crippen molar-refractivity contribution in [3.8, 4) is 0 Å². The van der Waals surface area contributed by atoms with Gasteiger partial charge in [-0.1, -0.05) is 6.07 Å². The molecule has 0 amide bonds. The summed E-state index contributed by atoms with van der Waals surface area (Å²) in [6, 6.07) is 4.71. The Morgan fingerprint density at radius 3 is 2.47 bits per heavy atom. The van der Waals surface area contributed by atoms with Crippen molar-refractivity contribution >= 4 is 21.4 Å². The van der Waals surface area contributed by atoms with Crippen LogP contribution in [0.15, 0.2) is 18.2 Å². The fraction of sp³-hybridized carbons (Fsp3) is 0.455. The second kappa shape index (κ2) is 5.68. The number of halogens is 3. The van der Waals surface area contributed by atoms with E-state index in [2.05, 4.69) is 4.72 Å². The molecule has 0 radical (unpaired) electrons. The maximum absolute atomic E-state index is 11.9. The molecule has 1 aromatic carbocycles. The Bertz CT molecular complexity index is 541. The second-order valence-corrected chi connectivity index (χ2v) is 6.07. The van der Waals surface area contributed by atoms with Crippen molar-refractivity contribution in [1.82, 2.24) is 0 Å². The molecule has 0 unspecified atom stereocenters. The number of nitrogens with two attached hydrogens (primary N) is 1. The molecule has 0 aromatic heterocycles. The predicted molar refractivity (Wildman–Crippen MR) is 68.3 cm³/mol. The molecule has 0 saturated carbocycles. The highest BCUT2D eigenvalue weighted by molar-refractivity contribution is 7.92. The number of hydrogen-bond acceptors (Lipinski definition) is 3. The van der Waals surface area contributed by atoms with Gasteiger partial charge in [-0.3, -0.25) is 4.72 Å². The molecule has 0 aliphatic carbocycles. The first-order valence-corrected chi connectivity index (χ1v) is 7.18. The summed E-state index contributed by atoms with van der Waals surface area (Å²) < 4.78 is 61.2. The average Bonchev–Trinajstić information content (AvgIpc) is 2.20. The minimum Gasteiger partial charge on any atom is -0.397 e. The maximum Gasteiger partial charge on any atom is 0.389 e. The molecule has 0 atom stereocenters. The van der Waals surface area contributed by atoms with Gasteiger partial charge in [0.15, 0.2) is 0 Å². The van der Waals surface area contributed by atoms with Crippen molar-refractivity contribution < 1.29 is 21.6 Å². The largest absolute Gasteiger partial charge is 0.397 e. The Morgan fingerprint density at radius 2 is 1.95 bits per heavy atom. The highest BCUT2D eigenvalue weighted by Gasteiger charge is 2.27. The number of benzene rings is 1. The van der Waals surface area contributed by atoms with Gasteiger partial charge in [-0.15, -0.1) is 0 Å². The van der Waals surface area contributed by atoms with Crippen LogP contribution in [0, 0.1) is 6.92 Å². The fourth-order valence-electron chi connectivity index (χ4n) is 1.46. The quantitative estimate of drug-likeness (QED) is 0.820. The van der Waals surface area contributed by atoms with Crippen LogP contribution in [0.4, 0.5) is 24.5 Å². The second-order valence-electron chi connectivity index (χ2n) is 4.23. The molecule has 0 fully saturated rings. The molecule has 1 rings (SSSR count). The van der Waals surface area contributed by atoms with Crippen LogP contribution < -0.4 is 10.5 Å². The van der Waals surface area contributed by atoms with Crippen LogP contribution in [0.2, 0.25) is 0 Å². The standard InChI is InChI=1S/C11H15F3N2O2S/c1-8-3-4-10(9(15)7-8)16-19(17,18)6-2-5-11(12,13)14/h3-4,7,16H,2,5-6,15H2,1H3. The summed E-state index contributed by atoms with van der Waals surface area (Å²) in [5.41, 5.74) is 6.89. The lowest BCUT2D eigenvalue weighted by Crippen LogP contribution is -2.19. The van der Waals surface area contributed by atoms with Gasteiger partial charge in [0.1, 0.15) is 0 Å². The van der Waals surface area contributed by atoms with Crippen LogP contribution in [0.5, 0.6) is 0 Å². The molecule has 108 valence electrons. The molecule has 0 aliphatic rings. The topological polar surface area (TPSA) is 72.2 Å². The van der Waals surface area contributed by atoms with Crippen LogP contribution in [0.1, 0.15) is 18.4 Å². The third kappa shape index (κ3) is 5.82. The summed E-state index contributed by atoms with van der Waals surface area (Å²) in [6.07, 6.45) is -5.96. The van der Waals surface area contributed by atoms with Gasteiger partial charge in [0.25, 0.3) is 0 Å². The molecule has 0 bridgehead atoms. The monoisotopic (exact) mass is 296 g/mol. The van der Waals surface area contributed by atoms with E-state index in [1.54, 1.807) is 19.1 Å². The Hall–Kier alpha value is -1.44. The highest BCUT2D eigenvalue weighted by atomic mass is 32.2. The Labute approximate surface area is 109 Å². The lowest BCUT2D eigenvalue weighted by Gasteiger charge is -2.11. The van der Waals surface area contributed by atoms with Crippen molar-refractivity contribution in [2.45, 2.75) is 25.9 Å². The summed E-state index contributed by atoms with van der Waals surface area (Å²) in [5, 5.41) is 0. The molecule has 3 N–H and O–H groups in total. The number of hydrogen-bond donors (Lipinski definition) is 2. The smallest absolute Gasteiger partial charge is 0.389 e. The van der Waals surface area contributed by atoms with Crippen molar-refractivity contribution in [3.05, 3.63) is 23.8 Å². The van der Waals surface area contributed by atoms with Crippen molar-refractivity contribution in [2.75, 3.05) is 16.2 Å². The van der Waals surface area contributed by atoms with Crippen LogP contribution in [-0.4, -0.2) is 20.3 Å². The predicted octanol–water partition coefficient (Wildman–Crippen LogP) is 2.66. The van der Waals surface area contributed by atoms with E-state index in [4.69, 9.17) is 5.73 Å². The van der Waals surface area contributed by atoms with E-state index in [0.29, 0.717) is 0 Å². The minimum absolute atomic E-state index is 0.178. The molecule has 0 saturated heterocycles. The van der Waals surface area contributed by atoms with Gasteiger partial charge in [0.2, 0.25) is 10.0 Å². The van der Waals surface area contributed by atoms with E-state index in [-0.39, 0.29) is 11.4 Å². The molecule has 0 aliphatic heterocycles. The molecular formula is C11H15F3N2O2S. The Balaban J connectivity index is 2.64. The van der Waals surface area contributed by atoms with Gasteiger partial charge in [-0.05, 0) is 31.0 Å². The minimum atomic E-state index is -4.35. The Kier molecular flexibility index (Phi) is 4.67. The first-order valence-electron chi connectivity index (χ1n) is 5.52. The van der Waals surface area contributed by atoms with Crippen molar-refractivity contribution in [1.29, 1.82) is 0 Å². The van der Waals surface area contributed by atoms with E-state index in [1.165, 1.54) is 6.07 Å². The normalized spacial score (nSPS) is 12.4. The first kappa shape index (κ1) is 15.6. The van der Waals surface area contributed by atoms with Crippen LogP contribution in [0.25, 0.3) is 0 Å². The summed E-state index contributed by atoms with van der Waals surface area (Å²) in [7, 11) is -3.82. The molecule has 0 spiro atoms. The van der Waals surface area contributed by atoms with Gasteiger partial charge < -0.3 is 5.73 Å². The van der Waals surface area contributed by atoms with E-state index >= 15 is 0 Å². The van der Waals surface area contributed by atoms with Crippen LogP contribution in [0.3, 0.4) is 0 Å². The van der Waals surface area contributed by atoms with Crippen LogP contribution >= 0.6 is 0 Å². The van der Waals surface area contributed by atoms with E-state index in [0.717, 1.165) is 5.56 Å². The van der Waals surface area contributed by atoms with Gasteiger partial charge in [-0.25, -0.2) is 8.42 Å². The number of nitrogen functional groups attached to an aromatic ring is 1. The summed E-state index contributed by atoms with van der Waals surface area (Å²) >= 11 is 0. The van der Waals surface area contributed by atoms with E-state index in [9.17, 15) is 21.6 Å². The highest BCUT2D eigenvalue weighted by Crippen LogP contribution is 2.23. The van der Waals surface area contributed by atoms with Gasteiger partial charge >= 0.3 is 6.18 Å². The third-order valence-corrected chi connectivity index (χ3v) is 3.70. The van der Waals surface area contributed by atoms with Crippen molar-refractivity contribution in [3.63, 3.8) is 0 Å². The average molecular weight is 296 g/mol.